The number of carbonyl (C=O) groups is 1. The van der Waals surface area contributed by atoms with Crippen LogP contribution in [0.5, 0.6) is 5.75 Å². The molecule has 0 heterocycles. The minimum absolute atomic E-state index is 0.209. The van der Waals surface area contributed by atoms with E-state index in [2.05, 4.69) is 21.2 Å². The first-order valence-corrected chi connectivity index (χ1v) is 7.25. The van der Waals surface area contributed by atoms with Gasteiger partial charge < -0.3 is 10.1 Å². The van der Waals surface area contributed by atoms with E-state index in [1.54, 1.807) is 18.2 Å². The lowest BCUT2D eigenvalue weighted by atomic mass is 10.2. The molecule has 2 aromatic rings. The number of benzene rings is 2. The summed E-state index contributed by atoms with van der Waals surface area (Å²) in [5.41, 5.74) is 0.453. The van der Waals surface area contributed by atoms with Gasteiger partial charge in [-0.3, -0.25) is 4.79 Å². The van der Waals surface area contributed by atoms with Crippen molar-refractivity contribution in [2.24, 2.45) is 0 Å². The van der Waals surface area contributed by atoms with E-state index in [1.165, 1.54) is 0 Å². The summed E-state index contributed by atoms with van der Waals surface area (Å²) in [6.45, 7) is 0.823. The molecule has 0 aliphatic carbocycles. The number of carbonyl (C=O) groups excluding carboxylic acids is 1. The van der Waals surface area contributed by atoms with Gasteiger partial charge in [0.1, 0.15) is 12.4 Å². The molecule has 0 aliphatic heterocycles. The first-order chi connectivity index (χ1) is 9.66. The van der Waals surface area contributed by atoms with Crippen molar-refractivity contribution in [3.63, 3.8) is 0 Å². The maximum Gasteiger partial charge on any atom is 0.252 e. The standard InChI is InChI=1S/C15H13BrClNO2/c16-11-6-7-13(14(17)10-11)15(19)18-8-9-20-12-4-2-1-3-5-12/h1-7,10H,8-9H2,(H,18,19). The summed E-state index contributed by atoms with van der Waals surface area (Å²) in [5.74, 6) is 0.572. The molecule has 0 saturated heterocycles. The van der Waals surface area contributed by atoms with Crippen molar-refractivity contribution in [3.05, 3.63) is 63.6 Å². The topological polar surface area (TPSA) is 38.3 Å². The number of rotatable bonds is 5. The third kappa shape index (κ3) is 4.25. The van der Waals surface area contributed by atoms with Crippen LogP contribution in [0.4, 0.5) is 0 Å². The van der Waals surface area contributed by atoms with Gasteiger partial charge in [-0.05, 0) is 30.3 Å². The van der Waals surface area contributed by atoms with Crippen LogP contribution in [0.2, 0.25) is 5.02 Å². The number of amides is 1. The summed E-state index contributed by atoms with van der Waals surface area (Å²) >= 11 is 9.31. The Kier molecular flexibility index (Phi) is 5.44. The highest BCUT2D eigenvalue weighted by Gasteiger charge is 2.09. The smallest absolute Gasteiger partial charge is 0.252 e. The number of nitrogens with one attached hydrogen (secondary N) is 1. The Morgan fingerprint density at radius 2 is 1.95 bits per heavy atom. The molecule has 0 atom stereocenters. The average molecular weight is 355 g/mol. The van der Waals surface area contributed by atoms with Gasteiger partial charge in [0.2, 0.25) is 0 Å². The fourth-order valence-corrected chi connectivity index (χ4v) is 2.38. The van der Waals surface area contributed by atoms with E-state index in [4.69, 9.17) is 16.3 Å². The fourth-order valence-electron chi connectivity index (χ4n) is 1.62. The second kappa shape index (κ2) is 7.31. The van der Waals surface area contributed by atoms with Crippen LogP contribution in [0.25, 0.3) is 0 Å². The zero-order chi connectivity index (χ0) is 14.4. The van der Waals surface area contributed by atoms with Gasteiger partial charge >= 0.3 is 0 Å². The minimum atomic E-state index is -0.209. The van der Waals surface area contributed by atoms with Crippen molar-refractivity contribution in [2.75, 3.05) is 13.2 Å². The molecule has 3 nitrogen and oxygen atoms in total. The predicted octanol–water partition coefficient (Wildman–Crippen LogP) is 3.91. The molecule has 0 bridgehead atoms. The number of halogens is 2. The van der Waals surface area contributed by atoms with Crippen LogP contribution >= 0.6 is 27.5 Å². The van der Waals surface area contributed by atoms with Crippen molar-refractivity contribution >= 4 is 33.4 Å². The fraction of sp³-hybridized carbons (Fsp3) is 0.133. The van der Waals surface area contributed by atoms with Gasteiger partial charge in [-0.1, -0.05) is 45.7 Å². The lowest BCUT2D eigenvalue weighted by Crippen LogP contribution is -2.28. The van der Waals surface area contributed by atoms with Crippen LogP contribution < -0.4 is 10.1 Å². The van der Waals surface area contributed by atoms with Crippen LogP contribution in [0, 0.1) is 0 Å². The second-order valence-corrected chi connectivity index (χ2v) is 5.36. The quantitative estimate of drug-likeness (QED) is 0.827. The van der Waals surface area contributed by atoms with Crippen LogP contribution in [-0.4, -0.2) is 19.1 Å². The number of hydrogen-bond donors (Lipinski definition) is 1. The van der Waals surface area contributed by atoms with Crippen molar-refractivity contribution in [1.29, 1.82) is 0 Å². The Morgan fingerprint density at radius 1 is 1.20 bits per heavy atom. The Labute approximate surface area is 131 Å². The minimum Gasteiger partial charge on any atom is -0.492 e. The molecule has 5 heteroatoms. The van der Waals surface area contributed by atoms with Gasteiger partial charge in [-0.15, -0.1) is 0 Å². The molecule has 1 N–H and O–H groups in total. The number of hydrogen-bond acceptors (Lipinski definition) is 2. The van der Waals surface area contributed by atoms with E-state index < -0.39 is 0 Å². The first-order valence-electron chi connectivity index (χ1n) is 6.08. The third-order valence-corrected chi connectivity index (χ3v) is 3.38. The molecule has 104 valence electrons. The van der Waals surface area contributed by atoms with Crippen LogP contribution in [0.3, 0.4) is 0 Å². The molecule has 0 aliphatic rings. The van der Waals surface area contributed by atoms with Crippen molar-refractivity contribution in [3.8, 4) is 5.75 Å². The first kappa shape index (κ1) is 14.9. The molecule has 2 aromatic carbocycles. The zero-order valence-electron chi connectivity index (χ0n) is 10.6. The molecule has 0 unspecified atom stereocenters. The van der Waals surface area contributed by atoms with Crippen LogP contribution in [0.1, 0.15) is 10.4 Å². The van der Waals surface area contributed by atoms with Gasteiger partial charge in [-0.25, -0.2) is 0 Å². The molecule has 0 radical (unpaired) electrons. The monoisotopic (exact) mass is 353 g/mol. The molecule has 0 saturated carbocycles. The van der Waals surface area contributed by atoms with E-state index in [0.717, 1.165) is 10.2 Å². The van der Waals surface area contributed by atoms with Gasteiger partial charge in [0, 0.05) is 4.47 Å². The molecule has 0 aromatic heterocycles. The molecule has 1 amide bonds. The summed E-state index contributed by atoms with van der Waals surface area (Å²) in [5, 5.41) is 3.18. The highest BCUT2D eigenvalue weighted by Crippen LogP contribution is 2.21. The molecule has 0 fully saturated rings. The van der Waals surface area contributed by atoms with Crippen LogP contribution in [-0.2, 0) is 0 Å². The van der Waals surface area contributed by atoms with Gasteiger partial charge in [0.05, 0.1) is 17.1 Å². The highest BCUT2D eigenvalue weighted by molar-refractivity contribution is 9.10. The molecular weight excluding hydrogens is 342 g/mol. The lowest BCUT2D eigenvalue weighted by molar-refractivity contribution is 0.0947. The van der Waals surface area contributed by atoms with Crippen LogP contribution in [0.15, 0.2) is 53.0 Å². The Morgan fingerprint density at radius 3 is 2.65 bits per heavy atom. The van der Waals surface area contributed by atoms with E-state index >= 15 is 0 Å². The predicted molar refractivity (Wildman–Crippen MR) is 83.4 cm³/mol. The maximum atomic E-state index is 11.9. The van der Waals surface area contributed by atoms with Crippen molar-refractivity contribution in [1.82, 2.24) is 5.32 Å². The Bertz CT molecular complexity index is 590. The van der Waals surface area contributed by atoms with Gasteiger partial charge in [0.25, 0.3) is 5.91 Å². The average Bonchev–Trinajstić information content (AvgIpc) is 2.44. The Balaban J connectivity index is 1.80. The lowest BCUT2D eigenvalue weighted by Gasteiger charge is -2.08. The molecular formula is C15H13BrClNO2. The molecule has 20 heavy (non-hydrogen) atoms. The number of ether oxygens (including phenoxy) is 1. The summed E-state index contributed by atoms with van der Waals surface area (Å²) in [6, 6.07) is 14.6. The van der Waals surface area contributed by atoms with Crippen molar-refractivity contribution < 1.29 is 9.53 Å². The van der Waals surface area contributed by atoms with Gasteiger partial charge in [0.15, 0.2) is 0 Å². The largest absolute Gasteiger partial charge is 0.492 e. The summed E-state index contributed by atoms with van der Waals surface area (Å²) < 4.78 is 6.33. The highest BCUT2D eigenvalue weighted by atomic mass is 79.9. The summed E-state index contributed by atoms with van der Waals surface area (Å²) in [7, 11) is 0. The molecule has 2 rings (SSSR count). The summed E-state index contributed by atoms with van der Waals surface area (Å²) in [4.78, 5) is 11.9. The summed E-state index contributed by atoms with van der Waals surface area (Å²) in [6.07, 6.45) is 0. The van der Waals surface area contributed by atoms with E-state index in [-0.39, 0.29) is 5.91 Å². The zero-order valence-corrected chi connectivity index (χ0v) is 12.9. The van der Waals surface area contributed by atoms with E-state index in [1.807, 2.05) is 30.3 Å². The Hall–Kier alpha value is -1.52. The van der Waals surface area contributed by atoms with E-state index in [9.17, 15) is 4.79 Å². The maximum absolute atomic E-state index is 11.9. The number of para-hydroxylation sites is 1. The normalized spacial score (nSPS) is 10.1. The third-order valence-electron chi connectivity index (χ3n) is 2.58. The van der Waals surface area contributed by atoms with E-state index in [0.29, 0.717) is 23.7 Å². The SMILES string of the molecule is O=C(NCCOc1ccccc1)c1ccc(Br)cc1Cl. The second-order valence-electron chi connectivity index (χ2n) is 4.04. The molecule has 0 spiro atoms. The van der Waals surface area contributed by atoms with Crippen molar-refractivity contribution in [2.45, 2.75) is 0 Å². The van der Waals surface area contributed by atoms with Gasteiger partial charge in [-0.2, -0.15) is 0 Å².